The van der Waals surface area contributed by atoms with Crippen LogP contribution in [0.3, 0.4) is 0 Å². The Morgan fingerprint density at radius 2 is 2.05 bits per heavy atom. The second-order valence-electron chi connectivity index (χ2n) is 4.54. The molecule has 2 rings (SSSR count). The van der Waals surface area contributed by atoms with Gasteiger partial charge in [0.25, 0.3) is 5.69 Å². The van der Waals surface area contributed by atoms with E-state index in [1.54, 1.807) is 6.92 Å². The second kappa shape index (κ2) is 6.53. The highest BCUT2D eigenvalue weighted by Gasteiger charge is 2.16. The molecule has 0 radical (unpaired) electrons. The van der Waals surface area contributed by atoms with Crippen molar-refractivity contribution in [3.63, 3.8) is 0 Å². The van der Waals surface area contributed by atoms with E-state index in [9.17, 15) is 19.3 Å². The van der Waals surface area contributed by atoms with Crippen LogP contribution in [0.1, 0.15) is 15.9 Å². The lowest BCUT2D eigenvalue weighted by molar-refractivity contribution is -0.385. The van der Waals surface area contributed by atoms with Crippen LogP contribution in [0.4, 0.5) is 10.1 Å². The minimum Gasteiger partial charge on any atom is -0.484 e. The first kappa shape index (κ1) is 15.9. The molecule has 0 saturated carbocycles. The number of carbonyl (C=O) groups is 1. The molecule has 7 heteroatoms. The molecule has 0 aliphatic carbocycles. The normalized spacial score (nSPS) is 10.3. The predicted molar refractivity (Wildman–Crippen MR) is 79.1 cm³/mol. The van der Waals surface area contributed by atoms with Crippen molar-refractivity contribution in [1.82, 2.24) is 0 Å². The van der Waals surface area contributed by atoms with E-state index in [0.717, 1.165) is 12.1 Å². The molecule has 114 valence electrons. The van der Waals surface area contributed by atoms with Gasteiger partial charge in [-0.05, 0) is 25.1 Å². The third-order valence-electron chi connectivity index (χ3n) is 2.98. The van der Waals surface area contributed by atoms with Crippen LogP contribution in [-0.4, -0.2) is 17.3 Å². The van der Waals surface area contributed by atoms with Crippen LogP contribution in [0.2, 0.25) is 5.02 Å². The molecular formula is C15H11ClFNO4. The predicted octanol–water partition coefficient (Wildman–Crippen LogP) is 3.96. The Labute approximate surface area is 130 Å². The largest absolute Gasteiger partial charge is 0.484 e. The summed E-state index contributed by atoms with van der Waals surface area (Å²) in [5.41, 5.74) is 0.491. The van der Waals surface area contributed by atoms with Crippen LogP contribution < -0.4 is 4.74 Å². The Kier molecular flexibility index (Phi) is 4.72. The maximum absolute atomic E-state index is 12.9. The van der Waals surface area contributed by atoms with Crippen molar-refractivity contribution in [2.45, 2.75) is 6.92 Å². The number of hydrogen-bond donors (Lipinski definition) is 0. The first-order valence-corrected chi connectivity index (χ1v) is 6.62. The summed E-state index contributed by atoms with van der Waals surface area (Å²) < 4.78 is 18.1. The molecule has 0 amide bonds. The summed E-state index contributed by atoms with van der Waals surface area (Å²) in [4.78, 5) is 22.3. The van der Waals surface area contributed by atoms with Gasteiger partial charge in [-0.25, -0.2) is 4.39 Å². The Hall–Kier alpha value is -2.47. The number of ketones is 1. The van der Waals surface area contributed by atoms with E-state index < -0.39 is 16.5 Å². The third kappa shape index (κ3) is 3.59. The second-order valence-corrected chi connectivity index (χ2v) is 4.95. The van der Waals surface area contributed by atoms with Gasteiger partial charge in [-0.3, -0.25) is 14.9 Å². The Morgan fingerprint density at radius 1 is 1.32 bits per heavy atom. The number of Topliss-reactive ketones (excluding diaryl/α,β-unsaturated/α-hetero) is 1. The highest BCUT2D eigenvalue weighted by Crippen LogP contribution is 2.25. The number of halogens is 2. The van der Waals surface area contributed by atoms with E-state index in [0.29, 0.717) is 5.56 Å². The summed E-state index contributed by atoms with van der Waals surface area (Å²) in [5, 5.41) is 10.9. The van der Waals surface area contributed by atoms with Gasteiger partial charge in [-0.2, -0.15) is 0 Å². The molecule has 0 saturated heterocycles. The summed E-state index contributed by atoms with van der Waals surface area (Å²) in [6.45, 7) is 1.23. The minimum atomic E-state index is -0.552. The fourth-order valence-electron chi connectivity index (χ4n) is 1.80. The molecule has 0 aromatic heterocycles. The summed E-state index contributed by atoms with van der Waals surface area (Å²) in [5.74, 6) is -0.792. The molecule has 2 aromatic rings. The lowest BCUT2D eigenvalue weighted by atomic mass is 10.1. The minimum absolute atomic E-state index is 0.0442. The SMILES string of the molecule is Cc1ccc(C(=O)COc2ccc(F)cc2Cl)cc1[N+](=O)[O-]. The van der Waals surface area contributed by atoms with Gasteiger partial charge >= 0.3 is 0 Å². The average molecular weight is 324 g/mol. The van der Waals surface area contributed by atoms with Gasteiger partial charge in [0.05, 0.1) is 9.95 Å². The molecule has 0 atom stereocenters. The van der Waals surface area contributed by atoms with E-state index in [2.05, 4.69) is 0 Å². The summed E-state index contributed by atoms with van der Waals surface area (Å²) in [6.07, 6.45) is 0. The van der Waals surface area contributed by atoms with Crippen LogP contribution in [0.15, 0.2) is 36.4 Å². The number of nitro groups is 1. The van der Waals surface area contributed by atoms with Crippen LogP contribution in [0.25, 0.3) is 0 Å². The smallest absolute Gasteiger partial charge is 0.273 e. The molecular weight excluding hydrogens is 313 g/mol. The number of benzene rings is 2. The lowest BCUT2D eigenvalue weighted by Gasteiger charge is -2.07. The van der Waals surface area contributed by atoms with Gasteiger partial charge in [-0.1, -0.05) is 23.7 Å². The quantitative estimate of drug-likeness (QED) is 0.474. The van der Waals surface area contributed by atoms with E-state index in [4.69, 9.17) is 16.3 Å². The van der Waals surface area contributed by atoms with Crippen molar-refractivity contribution in [3.05, 3.63) is 68.5 Å². The zero-order valence-electron chi connectivity index (χ0n) is 11.5. The van der Waals surface area contributed by atoms with Gasteiger partial charge in [0.15, 0.2) is 12.4 Å². The molecule has 0 bridgehead atoms. The monoisotopic (exact) mass is 323 g/mol. The molecule has 0 spiro atoms. The van der Waals surface area contributed by atoms with Crippen LogP contribution in [0, 0.1) is 22.9 Å². The van der Waals surface area contributed by atoms with Gasteiger partial charge in [0, 0.05) is 17.2 Å². The first-order chi connectivity index (χ1) is 10.4. The van der Waals surface area contributed by atoms with Crippen LogP contribution in [0.5, 0.6) is 5.75 Å². The molecule has 0 unspecified atom stereocenters. The van der Waals surface area contributed by atoms with Gasteiger partial charge in [0.1, 0.15) is 11.6 Å². The molecule has 0 aliphatic heterocycles. The van der Waals surface area contributed by atoms with E-state index >= 15 is 0 Å². The van der Waals surface area contributed by atoms with E-state index in [1.165, 1.54) is 24.3 Å². The standard InChI is InChI=1S/C15H11ClFNO4/c1-9-2-3-10(6-13(9)18(20)21)14(19)8-22-15-5-4-11(17)7-12(15)16/h2-7H,8H2,1H3. The van der Waals surface area contributed by atoms with Crippen molar-refractivity contribution in [2.75, 3.05) is 6.61 Å². The van der Waals surface area contributed by atoms with Gasteiger partial charge < -0.3 is 4.74 Å². The number of nitrogens with zero attached hydrogens (tertiary/aromatic N) is 1. The maximum Gasteiger partial charge on any atom is 0.273 e. The average Bonchev–Trinajstić information content (AvgIpc) is 2.46. The zero-order valence-corrected chi connectivity index (χ0v) is 12.3. The topological polar surface area (TPSA) is 69.4 Å². The molecule has 22 heavy (non-hydrogen) atoms. The fourth-order valence-corrected chi connectivity index (χ4v) is 2.02. The van der Waals surface area contributed by atoms with Crippen molar-refractivity contribution < 1.29 is 18.8 Å². The Morgan fingerprint density at radius 3 is 2.68 bits per heavy atom. The fraction of sp³-hybridized carbons (Fsp3) is 0.133. The number of rotatable bonds is 5. The molecule has 2 aromatic carbocycles. The van der Waals surface area contributed by atoms with Gasteiger partial charge in [0.2, 0.25) is 0 Å². The van der Waals surface area contributed by atoms with Crippen molar-refractivity contribution in [1.29, 1.82) is 0 Å². The van der Waals surface area contributed by atoms with Crippen molar-refractivity contribution in [3.8, 4) is 5.75 Å². The van der Waals surface area contributed by atoms with Crippen LogP contribution >= 0.6 is 11.6 Å². The molecule has 0 fully saturated rings. The number of carbonyl (C=O) groups excluding carboxylic acids is 1. The van der Waals surface area contributed by atoms with E-state index in [-0.39, 0.29) is 28.6 Å². The lowest BCUT2D eigenvalue weighted by Crippen LogP contribution is -2.12. The molecule has 0 N–H and O–H groups in total. The molecule has 0 heterocycles. The Bertz CT molecular complexity index is 748. The summed E-state index contributed by atoms with van der Waals surface area (Å²) in [7, 11) is 0. The Balaban J connectivity index is 2.12. The van der Waals surface area contributed by atoms with Crippen molar-refractivity contribution >= 4 is 23.1 Å². The highest BCUT2D eigenvalue weighted by atomic mass is 35.5. The first-order valence-electron chi connectivity index (χ1n) is 6.24. The van der Waals surface area contributed by atoms with E-state index in [1.807, 2.05) is 0 Å². The third-order valence-corrected chi connectivity index (χ3v) is 3.28. The number of nitro benzene ring substituents is 1. The van der Waals surface area contributed by atoms with Gasteiger partial charge in [-0.15, -0.1) is 0 Å². The molecule has 0 aliphatic rings. The zero-order chi connectivity index (χ0) is 16.3. The summed E-state index contributed by atoms with van der Waals surface area (Å²) >= 11 is 5.78. The number of ether oxygens (including phenoxy) is 1. The van der Waals surface area contributed by atoms with Crippen molar-refractivity contribution in [2.24, 2.45) is 0 Å². The maximum atomic E-state index is 12.9. The number of hydrogen-bond acceptors (Lipinski definition) is 4. The van der Waals surface area contributed by atoms with Crippen LogP contribution in [-0.2, 0) is 0 Å². The number of aryl methyl sites for hydroxylation is 1. The summed E-state index contributed by atoms with van der Waals surface area (Å²) in [6, 6.07) is 7.72. The molecule has 5 nitrogen and oxygen atoms in total. The highest BCUT2D eigenvalue weighted by molar-refractivity contribution is 6.32.